The van der Waals surface area contributed by atoms with E-state index in [0.29, 0.717) is 18.9 Å². The summed E-state index contributed by atoms with van der Waals surface area (Å²) in [5.41, 5.74) is 1.43. The molecule has 3 nitrogen and oxygen atoms in total. The third-order valence-corrected chi connectivity index (χ3v) is 6.45. The Morgan fingerprint density at radius 2 is 1.32 bits per heavy atom. The summed E-state index contributed by atoms with van der Waals surface area (Å²) in [7, 11) is 0. The first-order valence-electron chi connectivity index (χ1n) is 13.4. The lowest BCUT2D eigenvalue weighted by Gasteiger charge is -2.13. The van der Waals surface area contributed by atoms with Crippen LogP contribution in [0.3, 0.4) is 0 Å². The number of ketones is 1. The summed E-state index contributed by atoms with van der Waals surface area (Å²) < 4.78 is 5.24. The Labute approximate surface area is 193 Å². The molecular weight excluding hydrogens is 384 g/mol. The van der Waals surface area contributed by atoms with Gasteiger partial charge in [0.25, 0.3) is 0 Å². The van der Waals surface area contributed by atoms with Crippen molar-refractivity contribution in [1.82, 2.24) is 0 Å². The monoisotopic (exact) mass is 436 g/mol. The van der Waals surface area contributed by atoms with Crippen molar-refractivity contribution in [3.05, 3.63) is 11.6 Å². The maximum Gasteiger partial charge on any atom is 0.374 e. The molecule has 1 atom stereocenters. The summed E-state index contributed by atoms with van der Waals surface area (Å²) in [5.74, 6) is -0.415. The number of unbranched alkanes of at least 4 members (excludes halogenated alkanes) is 11. The first-order chi connectivity index (χ1) is 15.0. The summed E-state index contributed by atoms with van der Waals surface area (Å²) in [6.45, 7) is 9.16. The maximum atomic E-state index is 12.0. The fourth-order valence-electron chi connectivity index (χ4n) is 3.89. The number of Topliss-reactive ketones (excluding diaryl/α,β-unsaturated/α-hetero) is 1. The summed E-state index contributed by atoms with van der Waals surface area (Å²) in [5, 5.41) is 0. The molecule has 0 saturated carbocycles. The van der Waals surface area contributed by atoms with Gasteiger partial charge in [0.2, 0.25) is 5.78 Å². The smallest absolute Gasteiger partial charge is 0.374 e. The molecule has 0 aromatic carbocycles. The van der Waals surface area contributed by atoms with Crippen molar-refractivity contribution in [2.75, 3.05) is 6.61 Å². The number of hydrogen-bond acceptors (Lipinski definition) is 3. The van der Waals surface area contributed by atoms with Crippen LogP contribution in [0.25, 0.3) is 0 Å². The van der Waals surface area contributed by atoms with Gasteiger partial charge in [0.1, 0.15) is 0 Å². The molecule has 0 N–H and O–H groups in total. The molecule has 0 aliphatic carbocycles. The van der Waals surface area contributed by atoms with E-state index in [9.17, 15) is 9.59 Å². The molecule has 0 aliphatic rings. The summed E-state index contributed by atoms with van der Waals surface area (Å²) in [6, 6.07) is 0. The lowest BCUT2D eigenvalue weighted by Crippen LogP contribution is -2.19. The number of carbonyl (C=O) groups excluding carboxylic acids is 2. The minimum absolute atomic E-state index is 0.342. The Morgan fingerprint density at radius 3 is 1.84 bits per heavy atom. The number of carbonyl (C=O) groups is 2. The third kappa shape index (κ3) is 19.3. The number of rotatable bonds is 22. The van der Waals surface area contributed by atoms with E-state index < -0.39 is 5.97 Å². The zero-order chi connectivity index (χ0) is 23.2. The molecule has 0 saturated heterocycles. The van der Waals surface area contributed by atoms with Gasteiger partial charge in [-0.1, -0.05) is 109 Å². The van der Waals surface area contributed by atoms with Crippen LogP contribution in [0.15, 0.2) is 11.6 Å². The van der Waals surface area contributed by atoms with Crippen molar-refractivity contribution in [3.63, 3.8) is 0 Å². The molecule has 0 aromatic rings. The molecule has 0 spiro atoms. The Balaban J connectivity index is 3.63. The molecule has 0 fully saturated rings. The molecule has 1 unspecified atom stereocenters. The van der Waals surface area contributed by atoms with Gasteiger partial charge in [0.05, 0.1) is 6.61 Å². The summed E-state index contributed by atoms with van der Waals surface area (Å²) >= 11 is 0. The lowest BCUT2D eigenvalue weighted by molar-refractivity contribution is -0.154. The predicted octanol–water partition coefficient (Wildman–Crippen LogP) is 8.74. The molecule has 0 bridgehead atoms. The van der Waals surface area contributed by atoms with Gasteiger partial charge in [-0.3, -0.25) is 4.79 Å². The molecule has 0 radical (unpaired) electrons. The molecule has 0 amide bonds. The van der Waals surface area contributed by atoms with Gasteiger partial charge >= 0.3 is 5.97 Å². The zero-order valence-electron chi connectivity index (χ0n) is 21.3. The maximum absolute atomic E-state index is 12.0. The Bertz CT molecular complexity index is 467. The van der Waals surface area contributed by atoms with E-state index in [1.807, 2.05) is 0 Å². The van der Waals surface area contributed by atoms with Gasteiger partial charge in [-0.05, 0) is 44.9 Å². The number of allylic oxidation sites excluding steroid dienone is 2. The highest BCUT2D eigenvalue weighted by Crippen LogP contribution is 2.17. The standard InChI is InChI=1S/C28H52O3/c1-5-8-9-10-11-12-13-14-15-16-17-18-22-27(29)28(30)31-24-23-26(7-3)21-19-20-25(4)6-2/h20,26H,5-19,21-24H2,1-4H3. The fraction of sp³-hybridized carbons (Fsp3) is 0.857. The highest BCUT2D eigenvalue weighted by molar-refractivity contribution is 6.33. The van der Waals surface area contributed by atoms with Crippen LogP contribution >= 0.6 is 0 Å². The highest BCUT2D eigenvalue weighted by atomic mass is 16.5. The van der Waals surface area contributed by atoms with Gasteiger partial charge in [0, 0.05) is 6.42 Å². The second-order valence-corrected chi connectivity index (χ2v) is 9.24. The van der Waals surface area contributed by atoms with Crippen molar-refractivity contribution in [3.8, 4) is 0 Å². The Hall–Kier alpha value is -1.12. The highest BCUT2D eigenvalue weighted by Gasteiger charge is 2.15. The average Bonchev–Trinajstić information content (AvgIpc) is 2.78. The number of esters is 1. The van der Waals surface area contributed by atoms with Crippen molar-refractivity contribution in [2.45, 2.75) is 143 Å². The molecule has 0 aliphatic heterocycles. The van der Waals surface area contributed by atoms with Gasteiger partial charge in [0.15, 0.2) is 0 Å². The van der Waals surface area contributed by atoms with E-state index >= 15 is 0 Å². The van der Waals surface area contributed by atoms with Gasteiger partial charge in [-0.2, -0.15) is 0 Å². The summed E-state index contributed by atoms with van der Waals surface area (Å²) in [4.78, 5) is 23.9. The van der Waals surface area contributed by atoms with Crippen molar-refractivity contribution in [2.24, 2.45) is 5.92 Å². The zero-order valence-corrected chi connectivity index (χ0v) is 21.3. The van der Waals surface area contributed by atoms with Crippen molar-refractivity contribution >= 4 is 11.8 Å². The Kier molecular flexibility index (Phi) is 21.3. The third-order valence-electron chi connectivity index (χ3n) is 6.45. The number of hydrogen-bond donors (Lipinski definition) is 0. The number of ether oxygens (including phenoxy) is 1. The quantitative estimate of drug-likeness (QED) is 0.0737. The molecule has 0 rings (SSSR count). The lowest BCUT2D eigenvalue weighted by atomic mass is 9.96. The topological polar surface area (TPSA) is 43.4 Å². The second-order valence-electron chi connectivity index (χ2n) is 9.24. The van der Waals surface area contributed by atoms with Crippen LogP contribution in [-0.4, -0.2) is 18.4 Å². The van der Waals surface area contributed by atoms with Gasteiger partial charge < -0.3 is 4.74 Å². The van der Waals surface area contributed by atoms with Crippen LogP contribution in [-0.2, 0) is 14.3 Å². The SMILES string of the molecule is CCCCCCCCCCCCCCC(=O)C(=O)OCCC(CC)CCC=C(C)CC. The van der Waals surface area contributed by atoms with Gasteiger partial charge in [-0.15, -0.1) is 0 Å². The largest absolute Gasteiger partial charge is 0.460 e. The molecule has 3 heteroatoms. The van der Waals surface area contributed by atoms with Crippen molar-refractivity contribution in [1.29, 1.82) is 0 Å². The van der Waals surface area contributed by atoms with Crippen LogP contribution < -0.4 is 0 Å². The first kappa shape index (κ1) is 29.9. The van der Waals surface area contributed by atoms with Crippen molar-refractivity contribution < 1.29 is 14.3 Å². The minimum atomic E-state index is -0.625. The van der Waals surface area contributed by atoms with E-state index in [1.54, 1.807) is 0 Å². The van der Waals surface area contributed by atoms with Gasteiger partial charge in [-0.25, -0.2) is 4.79 Å². The Morgan fingerprint density at radius 1 is 0.774 bits per heavy atom. The van der Waals surface area contributed by atoms with E-state index in [1.165, 1.54) is 69.8 Å². The molecule has 182 valence electrons. The van der Waals surface area contributed by atoms with E-state index in [4.69, 9.17) is 4.74 Å². The van der Waals surface area contributed by atoms with Crippen LogP contribution in [0.1, 0.15) is 143 Å². The van der Waals surface area contributed by atoms with Crippen LogP contribution in [0.5, 0.6) is 0 Å². The first-order valence-corrected chi connectivity index (χ1v) is 13.4. The second kappa shape index (κ2) is 22.1. The molecule has 0 aromatic heterocycles. The summed E-state index contributed by atoms with van der Waals surface area (Å²) in [6.07, 6.45) is 23.0. The molecular formula is C28H52O3. The van der Waals surface area contributed by atoms with Crippen LogP contribution in [0, 0.1) is 5.92 Å². The van der Waals surface area contributed by atoms with Crippen LogP contribution in [0.4, 0.5) is 0 Å². The average molecular weight is 437 g/mol. The predicted molar refractivity (Wildman–Crippen MR) is 133 cm³/mol. The van der Waals surface area contributed by atoms with E-state index in [0.717, 1.165) is 44.9 Å². The molecule has 0 heterocycles. The van der Waals surface area contributed by atoms with Crippen LogP contribution in [0.2, 0.25) is 0 Å². The minimum Gasteiger partial charge on any atom is -0.460 e. The normalized spacial score (nSPS) is 12.7. The van der Waals surface area contributed by atoms with E-state index in [-0.39, 0.29) is 5.78 Å². The van der Waals surface area contributed by atoms with E-state index in [2.05, 4.69) is 33.8 Å². The molecule has 31 heavy (non-hydrogen) atoms. The fourth-order valence-corrected chi connectivity index (χ4v) is 3.89.